The zero-order chi connectivity index (χ0) is 15.7. The Morgan fingerprint density at radius 1 is 1.14 bits per heavy atom. The zero-order valence-corrected chi connectivity index (χ0v) is 12.4. The molecular weight excluding hydrogens is 305 g/mol. The quantitative estimate of drug-likeness (QED) is 0.700. The van der Waals surface area contributed by atoms with Gasteiger partial charge < -0.3 is 4.42 Å². The molecule has 0 saturated heterocycles. The molecule has 0 aliphatic rings. The summed E-state index contributed by atoms with van der Waals surface area (Å²) in [6.45, 7) is 1.87. The molecule has 0 unspecified atom stereocenters. The second kappa shape index (κ2) is 5.73. The maximum Gasteiger partial charge on any atom is 0.339 e. The summed E-state index contributed by atoms with van der Waals surface area (Å²) in [4.78, 5) is 16.1. The van der Waals surface area contributed by atoms with Gasteiger partial charge in [0, 0.05) is 5.56 Å². The van der Waals surface area contributed by atoms with Gasteiger partial charge in [-0.25, -0.2) is 14.2 Å². The summed E-state index contributed by atoms with van der Waals surface area (Å²) in [6, 6.07) is 12.8. The molecule has 3 aromatic rings. The number of halogens is 2. The Morgan fingerprint density at radius 3 is 2.64 bits per heavy atom. The molecule has 0 N–H and O–H groups in total. The molecule has 0 spiro atoms. The molecule has 2 aromatic carbocycles. The Balaban J connectivity index is 2.24. The molecule has 5 heteroatoms. The van der Waals surface area contributed by atoms with Gasteiger partial charge in [-0.05, 0) is 30.7 Å². The molecule has 3 rings (SSSR count). The van der Waals surface area contributed by atoms with Crippen molar-refractivity contribution >= 4 is 11.6 Å². The summed E-state index contributed by atoms with van der Waals surface area (Å²) >= 11 is 6.03. The minimum absolute atomic E-state index is 0.0897. The molecule has 0 fully saturated rings. The molecule has 0 amide bonds. The van der Waals surface area contributed by atoms with Crippen LogP contribution in [-0.2, 0) is 0 Å². The van der Waals surface area contributed by atoms with Crippen LogP contribution >= 0.6 is 11.6 Å². The average Bonchev–Trinajstić information content (AvgIpc) is 2.47. The number of rotatable bonds is 2. The lowest BCUT2D eigenvalue weighted by Gasteiger charge is -2.07. The van der Waals surface area contributed by atoms with Gasteiger partial charge >= 0.3 is 5.63 Å². The molecule has 1 aromatic heterocycles. The number of benzene rings is 2. The van der Waals surface area contributed by atoms with Crippen molar-refractivity contribution in [2.45, 2.75) is 6.92 Å². The topological polar surface area (TPSA) is 43.1 Å². The van der Waals surface area contributed by atoms with Crippen LogP contribution in [0.25, 0.3) is 22.7 Å². The van der Waals surface area contributed by atoms with Crippen molar-refractivity contribution in [1.82, 2.24) is 4.98 Å². The van der Waals surface area contributed by atoms with E-state index in [0.29, 0.717) is 5.56 Å². The lowest BCUT2D eigenvalue weighted by molar-refractivity contribution is 0.508. The van der Waals surface area contributed by atoms with Crippen molar-refractivity contribution in [1.29, 1.82) is 0 Å². The van der Waals surface area contributed by atoms with Crippen molar-refractivity contribution in [3.05, 3.63) is 75.4 Å². The highest BCUT2D eigenvalue weighted by atomic mass is 35.5. The largest absolute Gasteiger partial charge is 0.404 e. The van der Waals surface area contributed by atoms with E-state index in [9.17, 15) is 9.18 Å². The third-order valence-corrected chi connectivity index (χ3v) is 3.58. The van der Waals surface area contributed by atoms with Gasteiger partial charge in [-0.1, -0.05) is 35.9 Å². The normalized spacial score (nSPS) is 10.7. The third-order valence-electron chi connectivity index (χ3n) is 3.27. The Bertz CT molecular complexity index is 885. The van der Waals surface area contributed by atoms with Crippen LogP contribution in [0.3, 0.4) is 0 Å². The van der Waals surface area contributed by atoms with Crippen LogP contribution in [-0.4, -0.2) is 4.98 Å². The van der Waals surface area contributed by atoms with Crippen molar-refractivity contribution in [2.75, 3.05) is 0 Å². The van der Waals surface area contributed by atoms with Gasteiger partial charge in [0.05, 0.1) is 22.3 Å². The minimum atomic E-state index is -0.609. The lowest BCUT2D eigenvalue weighted by atomic mass is 10.1. The average molecular weight is 316 g/mol. The lowest BCUT2D eigenvalue weighted by Crippen LogP contribution is -2.03. The first kappa shape index (κ1) is 14.5. The van der Waals surface area contributed by atoms with E-state index in [1.807, 2.05) is 25.1 Å². The number of hydrogen-bond donors (Lipinski definition) is 0. The summed E-state index contributed by atoms with van der Waals surface area (Å²) in [5.41, 5.74) is 1.20. The van der Waals surface area contributed by atoms with Gasteiger partial charge in [0.2, 0.25) is 5.89 Å². The summed E-state index contributed by atoms with van der Waals surface area (Å²) in [7, 11) is 0. The highest BCUT2D eigenvalue weighted by molar-refractivity contribution is 6.33. The first-order valence-corrected chi connectivity index (χ1v) is 6.96. The zero-order valence-electron chi connectivity index (χ0n) is 11.6. The smallest absolute Gasteiger partial charge is 0.339 e. The molecule has 0 aliphatic heterocycles. The fourth-order valence-electron chi connectivity index (χ4n) is 2.20. The highest BCUT2D eigenvalue weighted by Gasteiger charge is 2.15. The predicted octanol–water partition coefficient (Wildman–Crippen LogP) is 4.47. The second-order valence-electron chi connectivity index (χ2n) is 4.78. The van der Waals surface area contributed by atoms with Crippen LogP contribution in [0, 0.1) is 12.7 Å². The number of aryl methyl sites for hydroxylation is 1. The molecule has 0 saturated carbocycles. The van der Waals surface area contributed by atoms with Gasteiger partial charge in [0.15, 0.2) is 0 Å². The van der Waals surface area contributed by atoms with E-state index < -0.39 is 11.4 Å². The molecule has 0 atom stereocenters. The summed E-state index contributed by atoms with van der Waals surface area (Å²) in [5.74, 6) is -0.402. The summed E-state index contributed by atoms with van der Waals surface area (Å²) in [5, 5.41) is 0.189. The Labute approximate surface area is 131 Å². The SMILES string of the molecule is Cc1ccccc1-c1nc(-c2c(F)cccc2Cl)cc(=O)o1. The van der Waals surface area contributed by atoms with Crippen molar-refractivity contribution in [2.24, 2.45) is 0 Å². The monoisotopic (exact) mass is 315 g/mol. The highest BCUT2D eigenvalue weighted by Crippen LogP contribution is 2.30. The molecular formula is C17H11ClFNO2. The Morgan fingerprint density at radius 2 is 1.91 bits per heavy atom. The minimum Gasteiger partial charge on any atom is -0.404 e. The van der Waals surface area contributed by atoms with Gasteiger partial charge in [-0.3, -0.25) is 0 Å². The van der Waals surface area contributed by atoms with E-state index in [1.54, 1.807) is 12.1 Å². The van der Waals surface area contributed by atoms with Crippen LogP contribution in [0.1, 0.15) is 5.56 Å². The molecule has 0 radical (unpaired) electrons. The van der Waals surface area contributed by atoms with E-state index >= 15 is 0 Å². The van der Waals surface area contributed by atoms with Gasteiger partial charge in [-0.15, -0.1) is 0 Å². The van der Waals surface area contributed by atoms with Gasteiger partial charge in [0.1, 0.15) is 5.82 Å². The summed E-state index contributed by atoms with van der Waals surface area (Å²) < 4.78 is 19.2. The van der Waals surface area contributed by atoms with Crippen molar-refractivity contribution in [3.8, 4) is 22.7 Å². The second-order valence-corrected chi connectivity index (χ2v) is 5.19. The molecule has 22 heavy (non-hydrogen) atoms. The van der Waals surface area contributed by atoms with E-state index in [0.717, 1.165) is 11.6 Å². The van der Waals surface area contributed by atoms with Crippen LogP contribution in [0.4, 0.5) is 4.39 Å². The van der Waals surface area contributed by atoms with E-state index in [-0.39, 0.29) is 22.2 Å². The number of aromatic nitrogens is 1. The third kappa shape index (κ3) is 2.65. The van der Waals surface area contributed by atoms with Crippen LogP contribution < -0.4 is 5.63 Å². The van der Waals surface area contributed by atoms with Crippen molar-refractivity contribution < 1.29 is 8.81 Å². The first-order valence-electron chi connectivity index (χ1n) is 6.59. The Kier molecular flexibility index (Phi) is 3.77. The number of hydrogen-bond acceptors (Lipinski definition) is 3. The van der Waals surface area contributed by atoms with Gasteiger partial charge in [-0.2, -0.15) is 0 Å². The standard InChI is InChI=1S/C17H11ClFNO2/c1-10-5-2-3-6-11(10)17-20-14(9-15(21)22-17)16-12(18)7-4-8-13(16)19/h2-9H,1H3. The van der Waals surface area contributed by atoms with E-state index in [2.05, 4.69) is 4.98 Å². The van der Waals surface area contributed by atoms with E-state index in [4.69, 9.17) is 16.0 Å². The number of nitrogens with zero attached hydrogens (tertiary/aromatic N) is 1. The van der Waals surface area contributed by atoms with Gasteiger partial charge in [0.25, 0.3) is 0 Å². The molecule has 1 heterocycles. The van der Waals surface area contributed by atoms with Crippen LogP contribution in [0.2, 0.25) is 5.02 Å². The molecule has 0 bridgehead atoms. The van der Waals surface area contributed by atoms with E-state index in [1.165, 1.54) is 12.1 Å². The molecule has 0 aliphatic carbocycles. The Hall–Kier alpha value is -2.46. The van der Waals surface area contributed by atoms with Crippen LogP contribution in [0.15, 0.2) is 57.7 Å². The summed E-state index contributed by atoms with van der Waals surface area (Å²) in [6.07, 6.45) is 0. The maximum atomic E-state index is 14.0. The molecule has 110 valence electrons. The maximum absolute atomic E-state index is 14.0. The van der Waals surface area contributed by atoms with Crippen molar-refractivity contribution in [3.63, 3.8) is 0 Å². The molecule has 3 nitrogen and oxygen atoms in total. The predicted molar refractivity (Wildman–Crippen MR) is 83.4 cm³/mol. The van der Waals surface area contributed by atoms with Crippen LogP contribution in [0.5, 0.6) is 0 Å². The fraction of sp³-hybridized carbons (Fsp3) is 0.0588. The fourth-order valence-corrected chi connectivity index (χ4v) is 2.46. The first-order chi connectivity index (χ1) is 10.6.